The molecule has 25 heavy (non-hydrogen) atoms. The van der Waals surface area contributed by atoms with Crippen LogP contribution in [0.2, 0.25) is 0 Å². The Morgan fingerprint density at radius 3 is 2.80 bits per heavy atom. The topological polar surface area (TPSA) is 61.4 Å². The van der Waals surface area contributed by atoms with Crippen molar-refractivity contribution in [2.75, 3.05) is 42.9 Å². The zero-order valence-electron chi connectivity index (χ0n) is 14.3. The van der Waals surface area contributed by atoms with Gasteiger partial charge in [-0.05, 0) is 43.7 Å². The van der Waals surface area contributed by atoms with Crippen molar-refractivity contribution in [3.8, 4) is 0 Å². The van der Waals surface area contributed by atoms with Gasteiger partial charge in [-0.1, -0.05) is 6.07 Å². The van der Waals surface area contributed by atoms with Crippen LogP contribution in [-0.4, -0.2) is 53.7 Å². The molecule has 3 rings (SSSR count). The predicted octanol–water partition coefficient (Wildman–Crippen LogP) is 2.07. The summed E-state index contributed by atoms with van der Waals surface area (Å²) in [5.74, 6) is 0.383. The summed E-state index contributed by atoms with van der Waals surface area (Å²) in [6, 6.07) is 9.87. The largest absolute Gasteiger partial charge is 0.354 e. The summed E-state index contributed by atoms with van der Waals surface area (Å²) in [6.45, 7) is 5.51. The molecule has 0 atom stereocenters. The minimum Gasteiger partial charge on any atom is -0.354 e. The monoisotopic (exact) mass is 343 g/mol. The Kier molecular flexibility index (Phi) is 5.55. The van der Waals surface area contributed by atoms with Gasteiger partial charge in [-0.15, -0.1) is 5.10 Å². The molecule has 2 heterocycles. The van der Waals surface area contributed by atoms with Gasteiger partial charge in [0.1, 0.15) is 5.82 Å². The Balaban J connectivity index is 1.52. The van der Waals surface area contributed by atoms with E-state index in [2.05, 4.69) is 25.3 Å². The highest BCUT2D eigenvalue weighted by molar-refractivity contribution is 5.92. The molecule has 1 amide bonds. The van der Waals surface area contributed by atoms with Gasteiger partial charge in [0.15, 0.2) is 5.82 Å². The molecule has 0 aliphatic carbocycles. The summed E-state index contributed by atoms with van der Waals surface area (Å²) in [4.78, 5) is 16.5. The maximum Gasteiger partial charge on any atom is 0.238 e. The fraction of sp³-hybridized carbons (Fsp3) is 0.389. The summed E-state index contributed by atoms with van der Waals surface area (Å²) < 4.78 is 13.2. The Hall–Kier alpha value is -2.54. The van der Waals surface area contributed by atoms with E-state index in [0.29, 0.717) is 12.2 Å². The van der Waals surface area contributed by atoms with E-state index in [0.717, 1.165) is 44.1 Å². The second-order valence-electron chi connectivity index (χ2n) is 6.21. The van der Waals surface area contributed by atoms with E-state index < -0.39 is 0 Å². The molecule has 1 N–H and O–H groups in total. The molecule has 1 saturated heterocycles. The molecule has 1 aliphatic rings. The van der Waals surface area contributed by atoms with Gasteiger partial charge < -0.3 is 10.2 Å². The molecule has 7 heteroatoms. The lowest BCUT2D eigenvalue weighted by atomic mass is 10.3. The molecule has 132 valence electrons. The van der Waals surface area contributed by atoms with Crippen molar-refractivity contribution in [3.63, 3.8) is 0 Å². The maximum atomic E-state index is 13.2. The highest BCUT2D eigenvalue weighted by Gasteiger charge is 2.18. The Morgan fingerprint density at radius 1 is 1.16 bits per heavy atom. The van der Waals surface area contributed by atoms with Crippen molar-refractivity contribution >= 4 is 17.4 Å². The fourth-order valence-corrected chi connectivity index (χ4v) is 2.89. The van der Waals surface area contributed by atoms with Gasteiger partial charge in [-0.25, -0.2) is 4.39 Å². The van der Waals surface area contributed by atoms with Crippen molar-refractivity contribution in [2.24, 2.45) is 0 Å². The van der Waals surface area contributed by atoms with Crippen molar-refractivity contribution in [2.45, 2.75) is 13.3 Å². The third-order valence-electron chi connectivity index (χ3n) is 4.17. The van der Waals surface area contributed by atoms with Crippen LogP contribution in [0.1, 0.15) is 12.1 Å². The van der Waals surface area contributed by atoms with Crippen LogP contribution in [0, 0.1) is 12.7 Å². The second kappa shape index (κ2) is 8.02. The number of hydrogen-bond acceptors (Lipinski definition) is 5. The van der Waals surface area contributed by atoms with Crippen LogP contribution in [0.4, 0.5) is 15.9 Å². The summed E-state index contributed by atoms with van der Waals surface area (Å²) in [5.41, 5.74) is 1.38. The van der Waals surface area contributed by atoms with Crippen LogP contribution in [0.25, 0.3) is 0 Å². The molecule has 0 unspecified atom stereocenters. The Bertz CT molecular complexity index is 722. The molecule has 2 aromatic rings. The Morgan fingerprint density at radius 2 is 2.04 bits per heavy atom. The normalized spacial score (nSPS) is 15.7. The van der Waals surface area contributed by atoms with Crippen LogP contribution < -0.4 is 10.2 Å². The van der Waals surface area contributed by atoms with Crippen molar-refractivity contribution in [3.05, 3.63) is 47.9 Å². The molecule has 0 spiro atoms. The van der Waals surface area contributed by atoms with Crippen LogP contribution >= 0.6 is 0 Å². The number of anilines is 2. The molecular formula is C18H22FN5O. The van der Waals surface area contributed by atoms with Gasteiger partial charge in [0.2, 0.25) is 5.91 Å². The third-order valence-corrected chi connectivity index (χ3v) is 4.17. The van der Waals surface area contributed by atoms with E-state index in [1.807, 2.05) is 19.1 Å². The molecule has 1 aliphatic heterocycles. The first-order chi connectivity index (χ1) is 12.1. The predicted molar refractivity (Wildman–Crippen MR) is 95.1 cm³/mol. The van der Waals surface area contributed by atoms with E-state index in [-0.39, 0.29) is 11.7 Å². The SMILES string of the molecule is Cc1ccc(N2CCCN(CC(=O)Nc3cccc(F)c3)CC2)nn1. The lowest BCUT2D eigenvalue weighted by Gasteiger charge is -2.22. The highest BCUT2D eigenvalue weighted by Crippen LogP contribution is 2.13. The molecular weight excluding hydrogens is 321 g/mol. The van der Waals surface area contributed by atoms with E-state index in [9.17, 15) is 9.18 Å². The van der Waals surface area contributed by atoms with E-state index in [4.69, 9.17) is 0 Å². The summed E-state index contributed by atoms with van der Waals surface area (Å²) in [5, 5.41) is 11.1. The number of aryl methyl sites for hydroxylation is 1. The number of benzene rings is 1. The molecule has 1 aromatic carbocycles. The van der Waals surface area contributed by atoms with E-state index in [1.54, 1.807) is 12.1 Å². The Labute approximate surface area is 146 Å². The average molecular weight is 343 g/mol. The number of hydrogen-bond donors (Lipinski definition) is 1. The minimum atomic E-state index is -0.359. The van der Waals surface area contributed by atoms with Crippen molar-refractivity contribution < 1.29 is 9.18 Å². The lowest BCUT2D eigenvalue weighted by Crippen LogP contribution is -2.36. The quantitative estimate of drug-likeness (QED) is 0.921. The molecule has 1 fully saturated rings. The average Bonchev–Trinajstić information content (AvgIpc) is 2.81. The minimum absolute atomic E-state index is 0.130. The zero-order valence-corrected chi connectivity index (χ0v) is 14.3. The van der Waals surface area contributed by atoms with Gasteiger partial charge in [-0.2, -0.15) is 5.10 Å². The number of nitrogens with one attached hydrogen (secondary N) is 1. The van der Waals surface area contributed by atoms with Gasteiger partial charge in [0.25, 0.3) is 0 Å². The number of halogens is 1. The summed E-state index contributed by atoms with van der Waals surface area (Å²) in [6.07, 6.45) is 0.947. The number of carbonyl (C=O) groups is 1. The first kappa shape index (κ1) is 17.3. The second-order valence-corrected chi connectivity index (χ2v) is 6.21. The van der Waals surface area contributed by atoms with Crippen LogP contribution in [-0.2, 0) is 4.79 Å². The van der Waals surface area contributed by atoms with Crippen LogP contribution in [0.15, 0.2) is 36.4 Å². The molecule has 0 saturated carbocycles. The smallest absolute Gasteiger partial charge is 0.238 e. The molecule has 6 nitrogen and oxygen atoms in total. The third kappa shape index (κ3) is 4.96. The van der Waals surface area contributed by atoms with Gasteiger partial charge in [0, 0.05) is 31.9 Å². The number of amides is 1. The number of rotatable bonds is 4. The van der Waals surface area contributed by atoms with Gasteiger partial charge in [-0.3, -0.25) is 9.69 Å². The summed E-state index contributed by atoms with van der Waals surface area (Å²) >= 11 is 0. The first-order valence-electron chi connectivity index (χ1n) is 8.43. The zero-order chi connectivity index (χ0) is 17.6. The molecule has 0 bridgehead atoms. The van der Waals surface area contributed by atoms with Crippen LogP contribution in [0.5, 0.6) is 0 Å². The fourth-order valence-electron chi connectivity index (χ4n) is 2.89. The van der Waals surface area contributed by atoms with E-state index in [1.165, 1.54) is 12.1 Å². The van der Waals surface area contributed by atoms with Gasteiger partial charge >= 0.3 is 0 Å². The highest BCUT2D eigenvalue weighted by atomic mass is 19.1. The van der Waals surface area contributed by atoms with E-state index >= 15 is 0 Å². The standard InChI is InChI=1S/C18H22FN5O/c1-14-6-7-17(22-21-14)24-9-3-8-23(10-11-24)13-18(25)20-16-5-2-4-15(19)12-16/h2,4-7,12H,3,8-11,13H2,1H3,(H,20,25). The summed E-state index contributed by atoms with van der Waals surface area (Å²) in [7, 11) is 0. The molecule has 1 aromatic heterocycles. The van der Waals surface area contributed by atoms with Gasteiger partial charge in [0.05, 0.1) is 12.2 Å². The van der Waals surface area contributed by atoms with Crippen molar-refractivity contribution in [1.29, 1.82) is 0 Å². The number of aromatic nitrogens is 2. The lowest BCUT2D eigenvalue weighted by molar-refractivity contribution is -0.117. The van der Waals surface area contributed by atoms with Crippen LogP contribution in [0.3, 0.4) is 0 Å². The molecule has 0 radical (unpaired) electrons. The number of nitrogens with zero attached hydrogens (tertiary/aromatic N) is 4. The van der Waals surface area contributed by atoms with Crippen molar-refractivity contribution in [1.82, 2.24) is 15.1 Å². The maximum absolute atomic E-state index is 13.2. The number of carbonyl (C=O) groups excluding carboxylic acids is 1. The first-order valence-corrected chi connectivity index (χ1v) is 8.43.